The Morgan fingerprint density at radius 3 is 2.43 bits per heavy atom. The van der Waals surface area contributed by atoms with Gasteiger partial charge in [-0.1, -0.05) is 0 Å². The van der Waals surface area contributed by atoms with Gasteiger partial charge in [-0.25, -0.2) is 8.78 Å². The van der Waals surface area contributed by atoms with Gasteiger partial charge in [-0.05, 0) is 0 Å². The molecular weight excluding hydrogens is 196 g/mol. The van der Waals surface area contributed by atoms with Gasteiger partial charge in [-0.2, -0.15) is 0 Å². The van der Waals surface area contributed by atoms with E-state index in [9.17, 15) is 13.6 Å². The number of alkyl halides is 2. The van der Waals surface area contributed by atoms with Gasteiger partial charge in [0.25, 0.3) is 6.43 Å². The number of rotatable bonds is 3. The maximum absolute atomic E-state index is 12.4. The van der Waals surface area contributed by atoms with Gasteiger partial charge >= 0.3 is 0 Å². The Morgan fingerprint density at radius 1 is 1.36 bits per heavy atom. The number of aromatic nitrogens is 1. The predicted molar refractivity (Wildman–Crippen MR) is 45.1 cm³/mol. The molecule has 0 radical (unpaired) electrons. The number of pyridine rings is 1. The summed E-state index contributed by atoms with van der Waals surface area (Å²) in [6.07, 6.45) is -2.88. The van der Waals surface area contributed by atoms with E-state index < -0.39 is 17.4 Å². The topological polar surface area (TPSA) is 51.3 Å². The summed E-state index contributed by atoms with van der Waals surface area (Å²) in [6, 6.07) is 0.948. The van der Waals surface area contributed by atoms with E-state index in [0.29, 0.717) is 0 Å². The molecule has 1 heterocycles. The van der Waals surface area contributed by atoms with Crippen LogP contribution in [0.15, 0.2) is 10.9 Å². The van der Waals surface area contributed by atoms with Gasteiger partial charge in [-0.3, -0.25) is 9.78 Å². The number of halogens is 2. The normalized spacial score (nSPS) is 10.4. The Kier molecular flexibility index (Phi) is 3.06. The number of hydrogen-bond acceptors (Lipinski definition) is 3. The van der Waals surface area contributed by atoms with E-state index in [1.54, 1.807) is 0 Å². The Balaban J connectivity index is 3.35. The van der Waals surface area contributed by atoms with Crippen LogP contribution in [0.1, 0.15) is 12.0 Å². The number of nitrogens with one attached hydrogen (secondary N) is 1. The minimum absolute atomic E-state index is 0.0799. The Bertz CT molecular complexity index is 375. The zero-order valence-electron chi connectivity index (χ0n) is 7.64. The third-order valence-electron chi connectivity index (χ3n) is 1.65. The summed E-state index contributed by atoms with van der Waals surface area (Å²) < 4.78 is 34.0. The average molecular weight is 205 g/mol. The van der Waals surface area contributed by atoms with E-state index in [-0.39, 0.29) is 11.8 Å². The maximum Gasteiger partial charge on any atom is 0.272 e. The van der Waals surface area contributed by atoms with Crippen molar-refractivity contribution in [3.05, 3.63) is 21.9 Å². The lowest BCUT2D eigenvalue weighted by atomic mass is 10.2. The lowest BCUT2D eigenvalue weighted by molar-refractivity contribution is 0.144. The molecule has 6 heteroatoms. The van der Waals surface area contributed by atoms with Crippen molar-refractivity contribution in [3.8, 4) is 11.8 Å². The van der Waals surface area contributed by atoms with Crippen molar-refractivity contribution < 1.29 is 18.3 Å². The molecular formula is C8H9F2NO3. The molecule has 0 fully saturated rings. The molecule has 0 aromatic carbocycles. The zero-order valence-corrected chi connectivity index (χ0v) is 7.64. The van der Waals surface area contributed by atoms with Gasteiger partial charge < -0.3 is 9.47 Å². The van der Waals surface area contributed by atoms with Crippen LogP contribution in [0.2, 0.25) is 0 Å². The van der Waals surface area contributed by atoms with Crippen LogP contribution in [0, 0.1) is 0 Å². The molecule has 1 rings (SSSR count). The van der Waals surface area contributed by atoms with Crippen LogP contribution in [0.4, 0.5) is 8.78 Å². The molecule has 0 spiro atoms. The van der Waals surface area contributed by atoms with E-state index in [1.165, 1.54) is 14.2 Å². The summed E-state index contributed by atoms with van der Waals surface area (Å²) in [5.74, 6) is -0.194. The van der Waals surface area contributed by atoms with Gasteiger partial charge in [0, 0.05) is 6.07 Å². The Hall–Kier alpha value is -1.59. The molecule has 14 heavy (non-hydrogen) atoms. The summed E-state index contributed by atoms with van der Waals surface area (Å²) in [7, 11) is 2.50. The largest absolute Gasteiger partial charge is 0.482 e. The molecule has 0 bridgehead atoms. The molecule has 0 unspecified atom stereocenters. The molecule has 0 aliphatic rings. The predicted octanol–water partition coefficient (Wildman–Crippen LogP) is 1.33. The molecule has 4 nitrogen and oxygen atoms in total. The van der Waals surface area contributed by atoms with Crippen molar-refractivity contribution in [1.29, 1.82) is 0 Å². The molecule has 78 valence electrons. The van der Waals surface area contributed by atoms with Crippen molar-refractivity contribution in [1.82, 2.24) is 4.98 Å². The second-order valence-electron chi connectivity index (χ2n) is 2.45. The Labute approximate surface area is 78.5 Å². The highest BCUT2D eigenvalue weighted by molar-refractivity contribution is 5.31. The summed E-state index contributed by atoms with van der Waals surface area (Å²) in [6.45, 7) is 0. The van der Waals surface area contributed by atoms with E-state index in [2.05, 4.69) is 9.72 Å². The second-order valence-corrected chi connectivity index (χ2v) is 2.45. The van der Waals surface area contributed by atoms with E-state index >= 15 is 0 Å². The highest BCUT2D eigenvalue weighted by Gasteiger charge is 2.19. The zero-order chi connectivity index (χ0) is 10.7. The first-order chi connectivity index (χ1) is 6.60. The Morgan fingerprint density at radius 2 is 2.00 bits per heavy atom. The first-order valence-electron chi connectivity index (χ1n) is 3.73. The van der Waals surface area contributed by atoms with Gasteiger partial charge in [0.15, 0.2) is 11.3 Å². The van der Waals surface area contributed by atoms with Crippen LogP contribution in [-0.2, 0) is 0 Å². The van der Waals surface area contributed by atoms with Crippen LogP contribution in [0.5, 0.6) is 11.8 Å². The van der Waals surface area contributed by atoms with Crippen LogP contribution >= 0.6 is 0 Å². The monoisotopic (exact) mass is 205 g/mol. The van der Waals surface area contributed by atoms with Crippen molar-refractivity contribution >= 4 is 0 Å². The number of hydrogen-bond donors (Lipinski definition) is 1. The van der Waals surface area contributed by atoms with Crippen molar-refractivity contribution in [2.75, 3.05) is 14.2 Å². The van der Waals surface area contributed by atoms with Gasteiger partial charge in [-0.15, -0.1) is 0 Å². The number of methoxy groups -OCH3 is 2. The number of aromatic amines is 1. The van der Waals surface area contributed by atoms with E-state index in [0.717, 1.165) is 6.07 Å². The summed E-state index contributed by atoms with van der Waals surface area (Å²) in [5.41, 5.74) is -1.50. The average Bonchev–Trinajstić information content (AvgIpc) is 2.15. The highest BCUT2D eigenvalue weighted by atomic mass is 19.3. The molecule has 1 aromatic rings. The minimum atomic E-state index is -2.88. The third kappa shape index (κ3) is 1.84. The molecule has 0 amide bonds. The van der Waals surface area contributed by atoms with Crippen molar-refractivity contribution in [2.24, 2.45) is 0 Å². The third-order valence-corrected chi connectivity index (χ3v) is 1.65. The molecule has 1 aromatic heterocycles. The van der Waals surface area contributed by atoms with Crippen LogP contribution in [-0.4, -0.2) is 19.2 Å². The summed E-state index contributed by atoms with van der Waals surface area (Å²) in [4.78, 5) is 13.6. The molecule has 0 saturated heterocycles. The smallest absolute Gasteiger partial charge is 0.272 e. The van der Waals surface area contributed by atoms with Gasteiger partial charge in [0.1, 0.15) is 5.56 Å². The minimum Gasteiger partial charge on any atom is -0.482 e. The standard InChI is InChI=1S/C8H9F2NO3/c1-13-5-3-4(12)6(7(9)10)8(11-5)14-2/h3,7H,1-2H3,(H,11,12). The first kappa shape index (κ1) is 10.5. The van der Waals surface area contributed by atoms with Crippen molar-refractivity contribution in [3.63, 3.8) is 0 Å². The fourth-order valence-corrected chi connectivity index (χ4v) is 1.00. The van der Waals surface area contributed by atoms with Gasteiger partial charge in [0.05, 0.1) is 14.2 Å². The van der Waals surface area contributed by atoms with E-state index in [4.69, 9.17) is 4.74 Å². The van der Waals surface area contributed by atoms with Crippen molar-refractivity contribution in [2.45, 2.75) is 6.43 Å². The van der Waals surface area contributed by atoms with Crippen LogP contribution in [0.25, 0.3) is 0 Å². The number of H-pyrrole nitrogens is 1. The van der Waals surface area contributed by atoms with E-state index in [1.807, 2.05) is 0 Å². The first-order valence-corrected chi connectivity index (χ1v) is 3.73. The molecule has 0 saturated carbocycles. The fraction of sp³-hybridized carbons (Fsp3) is 0.375. The van der Waals surface area contributed by atoms with Crippen LogP contribution in [0.3, 0.4) is 0 Å². The highest BCUT2D eigenvalue weighted by Crippen LogP contribution is 2.25. The summed E-state index contributed by atoms with van der Waals surface area (Å²) in [5, 5.41) is 0. The molecule has 0 aliphatic heterocycles. The second kappa shape index (κ2) is 4.08. The maximum atomic E-state index is 12.4. The molecule has 0 aliphatic carbocycles. The lowest BCUT2D eigenvalue weighted by Gasteiger charge is -2.08. The molecule has 0 atom stereocenters. The SMILES string of the molecule is COc1cc(=O)c(C(F)F)c(OC)[nH]1. The molecule has 1 N–H and O–H groups in total. The van der Waals surface area contributed by atoms with Gasteiger partial charge in [0.2, 0.25) is 5.88 Å². The fourth-order valence-electron chi connectivity index (χ4n) is 1.00. The lowest BCUT2D eigenvalue weighted by Crippen LogP contribution is -2.12. The quantitative estimate of drug-likeness (QED) is 0.809. The summed E-state index contributed by atoms with van der Waals surface area (Å²) >= 11 is 0. The number of ether oxygens (including phenoxy) is 2. The van der Waals surface area contributed by atoms with Crippen LogP contribution < -0.4 is 14.9 Å².